The summed E-state index contributed by atoms with van der Waals surface area (Å²) in [5, 5.41) is 0. The highest BCUT2D eigenvalue weighted by atomic mass is 32.2. The second-order valence-corrected chi connectivity index (χ2v) is 11.1. The molecule has 0 spiro atoms. The number of hydrogen-bond donors (Lipinski definition) is 0. The van der Waals surface area contributed by atoms with Crippen molar-refractivity contribution in [1.82, 2.24) is 9.21 Å². The summed E-state index contributed by atoms with van der Waals surface area (Å²) >= 11 is 0. The van der Waals surface area contributed by atoms with E-state index in [4.69, 9.17) is 4.74 Å². The van der Waals surface area contributed by atoms with Crippen molar-refractivity contribution in [3.05, 3.63) is 65.7 Å². The van der Waals surface area contributed by atoms with Gasteiger partial charge in [-0.25, -0.2) is 8.42 Å². The summed E-state index contributed by atoms with van der Waals surface area (Å²) in [4.78, 5) is 16.9. The van der Waals surface area contributed by atoms with Crippen LogP contribution in [0, 0.1) is 0 Å². The van der Waals surface area contributed by atoms with Gasteiger partial charge in [-0.05, 0) is 54.3 Å². The van der Waals surface area contributed by atoms with Gasteiger partial charge in [0.1, 0.15) is 0 Å². The van der Waals surface area contributed by atoms with Gasteiger partial charge in [0.25, 0.3) is 0 Å². The van der Waals surface area contributed by atoms with Crippen molar-refractivity contribution in [2.75, 3.05) is 51.3 Å². The molecule has 35 heavy (non-hydrogen) atoms. The summed E-state index contributed by atoms with van der Waals surface area (Å²) in [6.07, 6.45) is 7.24. The smallest absolute Gasteiger partial charge is 0.246 e. The number of anilines is 1. The van der Waals surface area contributed by atoms with Crippen LogP contribution in [0.4, 0.5) is 5.69 Å². The molecule has 0 saturated carbocycles. The maximum absolute atomic E-state index is 12.9. The maximum atomic E-state index is 12.9. The van der Waals surface area contributed by atoms with Gasteiger partial charge in [0, 0.05) is 51.5 Å². The van der Waals surface area contributed by atoms with Crippen LogP contribution in [0.2, 0.25) is 0 Å². The molecule has 7 nitrogen and oxygen atoms in total. The van der Waals surface area contributed by atoms with Crippen LogP contribution < -0.4 is 4.90 Å². The standard InChI is InChI=1S/C27H35N3O4S/c1-28(22-24-6-11-25(12-7-24)29-18-20-34-21-19-29)27(31)15-10-23-8-13-26(14-9-23)35(32,33)30-16-4-2-3-5-17-30/h6-15H,2-5,16-22H2,1H3/b15-10+. The molecule has 2 aliphatic rings. The quantitative estimate of drug-likeness (QED) is 0.545. The van der Waals surface area contributed by atoms with E-state index in [1.54, 1.807) is 46.6 Å². The highest BCUT2D eigenvalue weighted by Gasteiger charge is 2.24. The van der Waals surface area contributed by atoms with Gasteiger partial charge >= 0.3 is 0 Å². The molecular weight excluding hydrogens is 462 g/mol. The van der Waals surface area contributed by atoms with Crippen LogP contribution in [0.3, 0.4) is 0 Å². The largest absolute Gasteiger partial charge is 0.378 e. The van der Waals surface area contributed by atoms with Crippen molar-refractivity contribution < 1.29 is 17.9 Å². The predicted molar refractivity (Wildman–Crippen MR) is 139 cm³/mol. The molecule has 2 saturated heterocycles. The Labute approximate surface area is 209 Å². The van der Waals surface area contributed by atoms with Gasteiger partial charge in [-0.2, -0.15) is 4.31 Å². The number of carbonyl (C=O) groups excluding carboxylic acids is 1. The first kappa shape index (κ1) is 25.4. The highest BCUT2D eigenvalue weighted by Crippen LogP contribution is 2.21. The number of nitrogens with zero attached hydrogens (tertiary/aromatic N) is 3. The van der Waals surface area contributed by atoms with Crippen LogP contribution in [0.25, 0.3) is 6.08 Å². The second-order valence-electron chi connectivity index (χ2n) is 9.18. The lowest BCUT2D eigenvalue weighted by Crippen LogP contribution is -2.36. The molecule has 0 atom stereocenters. The summed E-state index contributed by atoms with van der Waals surface area (Å²) < 4.78 is 32.9. The average Bonchev–Trinajstić information content (AvgIpc) is 3.19. The number of amides is 1. The number of sulfonamides is 1. The van der Waals surface area contributed by atoms with E-state index in [0.29, 0.717) is 24.5 Å². The van der Waals surface area contributed by atoms with E-state index < -0.39 is 10.0 Å². The molecule has 2 aromatic rings. The summed E-state index contributed by atoms with van der Waals surface area (Å²) in [5.74, 6) is -0.108. The van der Waals surface area contributed by atoms with Crippen molar-refractivity contribution in [2.24, 2.45) is 0 Å². The number of hydrogen-bond acceptors (Lipinski definition) is 5. The third-order valence-corrected chi connectivity index (χ3v) is 8.52. The molecule has 0 aromatic heterocycles. The van der Waals surface area contributed by atoms with Crippen LogP contribution >= 0.6 is 0 Å². The second kappa shape index (κ2) is 11.8. The van der Waals surface area contributed by atoms with Crippen LogP contribution in [-0.4, -0.2) is 70.0 Å². The Morgan fingerprint density at radius 2 is 1.54 bits per heavy atom. The Morgan fingerprint density at radius 1 is 0.914 bits per heavy atom. The first-order chi connectivity index (χ1) is 16.9. The van der Waals surface area contributed by atoms with Crippen LogP contribution in [-0.2, 0) is 26.1 Å². The average molecular weight is 498 g/mol. The first-order valence-electron chi connectivity index (χ1n) is 12.4. The van der Waals surface area contributed by atoms with E-state index in [2.05, 4.69) is 29.2 Å². The molecular formula is C27H35N3O4S. The van der Waals surface area contributed by atoms with Gasteiger partial charge in [-0.1, -0.05) is 37.1 Å². The fourth-order valence-electron chi connectivity index (χ4n) is 4.46. The Kier molecular flexibility index (Phi) is 8.59. The molecule has 0 unspecified atom stereocenters. The van der Waals surface area contributed by atoms with E-state index in [9.17, 15) is 13.2 Å². The van der Waals surface area contributed by atoms with Crippen LogP contribution in [0.1, 0.15) is 36.8 Å². The lowest BCUT2D eigenvalue weighted by atomic mass is 10.1. The van der Waals surface area contributed by atoms with E-state index >= 15 is 0 Å². The van der Waals surface area contributed by atoms with E-state index in [1.165, 1.54) is 11.8 Å². The summed E-state index contributed by atoms with van der Waals surface area (Å²) in [6.45, 7) is 4.98. The van der Waals surface area contributed by atoms with Crippen LogP contribution in [0.15, 0.2) is 59.5 Å². The predicted octanol–water partition coefficient (Wildman–Crippen LogP) is 3.76. The number of benzene rings is 2. The number of carbonyl (C=O) groups is 1. The normalized spacial score (nSPS) is 17.9. The van der Waals surface area contributed by atoms with Gasteiger partial charge in [0.15, 0.2) is 0 Å². The third-order valence-electron chi connectivity index (χ3n) is 6.61. The zero-order chi connectivity index (χ0) is 24.7. The minimum absolute atomic E-state index is 0.108. The fraction of sp³-hybridized carbons (Fsp3) is 0.444. The minimum atomic E-state index is -3.47. The Morgan fingerprint density at radius 3 is 2.17 bits per heavy atom. The van der Waals surface area contributed by atoms with E-state index in [1.807, 2.05) is 0 Å². The molecule has 2 aromatic carbocycles. The van der Waals surface area contributed by atoms with Crippen molar-refractivity contribution in [2.45, 2.75) is 37.1 Å². The topological polar surface area (TPSA) is 70.2 Å². The van der Waals surface area contributed by atoms with Crippen molar-refractivity contribution >= 4 is 27.7 Å². The number of likely N-dealkylation sites (N-methyl/N-ethyl adjacent to an activating group) is 1. The van der Waals surface area contributed by atoms with E-state index in [-0.39, 0.29) is 5.91 Å². The molecule has 1 amide bonds. The van der Waals surface area contributed by atoms with Crippen molar-refractivity contribution in [3.63, 3.8) is 0 Å². The minimum Gasteiger partial charge on any atom is -0.378 e. The van der Waals surface area contributed by atoms with Gasteiger partial charge in [0.05, 0.1) is 18.1 Å². The molecule has 0 bridgehead atoms. The number of rotatable bonds is 7. The summed E-state index contributed by atoms with van der Waals surface area (Å²) in [6, 6.07) is 15.1. The monoisotopic (exact) mass is 497 g/mol. The zero-order valence-electron chi connectivity index (χ0n) is 20.4. The molecule has 4 rings (SSSR count). The third kappa shape index (κ3) is 6.72. The molecule has 2 fully saturated rings. The van der Waals surface area contributed by atoms with Gasteiger partial charge in [-0.3, -0.25) is 4.79 Å². The highest BCUT2D eigenvalue weighted by molar-refractivity contribution is 7.89. The molecule has 188 valence electrons. The number of morpholine rings is 1. The van der Waals surface area contributed by atoms with Gasteiger partial charge < -0.3 is 14.5 Å². The summed E-state index contributed by atoms with van der Waals surface area (Å²) in [5.41, 5.74) is 3.03. The number of ether oxygens (including phenoxy) is 1. The summed E-state index contributed by atoms with van der Waals surface area (Å²) in [7, 11) is -1.69. The molecule has 2 heterocycles. The molecule has 0 radical (unpaired) electrons. The molecule has 0 N–H and O–H groups in total. The Balaban J connectivity index is 1.32. The van der Waals surface area contributed by atoms with Crippen molar-refractivity contribution in [1.29, 1.82) is 0 Å². The lowest BCUT2D eigenvalue weighted by Gasteiger charge is -2.29. The lowest BCUT2D eigenvalue weighted by molar-refractivity contribution is -0.125. The van der Waals surface area contributed by atoms with E-state index in [0.717, 1.165) is 63.1 Å². The molecule has 0 aliphatic carbocycles. The maximum Gasteiger partial charge on any atom is 0.246 e. The molecule has 2 aliphatic heterocycles. The molecule has 8 heteroatoms. The Bertz CT molecular complexity index is 1100. The van der Waals surface area contributed by atoms with Gasteiger partial charge in [-0.15, -0.1) is 0 Å². The zero-order valence-corrected chi connectivity index (χ0v) is 21.3. The van der Waals surface area contributed by atoms with Gasteiger partial charge in [0.2, 0.25) is 15.9 Å². The SMILES string of the molecule is CN(Cc1ccc(N2CCOCC2)cc1)C(=O)/C=C/c1ccc(S(=O)(=O)N2CCCCCC2)cc1. The Hall–Kier alpha value is -2.68. The fourth-order valence-corrected chi connectivity index (χ4v) is 5.98. The first-order valence-corrected chi connectivity index (χ1v) is 13.8. The van der Waals surface area contributed by atoms with Crippen molar-refractivity contribution in [3.8, 4) is 0 Å². The van der Waals surface area contributed by atoms with Crippen LogP contribution in [0.5, 0.6) is 0 Å².